The molecule has 0 aliphatic carbocycles. The molecule has 2 N–H and O–H groups in total. The molecule has 2 atom stereocenters. The number of nitrogens with two attached hydrogens (primary N) is 1. The van der Waals surface area contributed by atoms with Gasteiger partial charge in [-0.05, 0) is 61.5 Å². The maximum Gasteiger partial charge on any atom is 0.243 e. The maximum absolute atomic E-state index is 13.0. The fourth-order valence-electron chi connectivity index (χ4n) is 4.24. The highest BCUT2D eigenvalue weighted by atomic mass is 32.2. The SMILES string of the molecule is CN(C1CC2CCC(C1)N2Cc1csnn1)S(=O)(=O)c1ccc(N)cc1. The largest absolute Gasteiger partial charge is 0.399 e. The van der Waals surface area contributed by atoms with Gasteiger partial charge in [-0.2, -0.15) is 4.31 Å². The normalized spacial score (nSPS) is 26.5. The van der Waals surface area contributed by atoms with Crippen LogP contribution in [0.1, 0.15) is 31.4 Å². The van der Waals surface area contributed by atoms with Gasteiger partial charge in [-0.15, -0.1) is 5.10 Å². The number of nitrogen functional groups attached to an aromatic ring is 1. The van der Waals surface area contributed by atoms with E-state index in [1.54, 1.807) is 35.6 Å². The summed E-state index contributed by atoms with van der Waals surface area (Å²) in [6.45, 7) is 0.812. The van der Waals surface area contributed by atoms with Crippen LogP contribution in [-0.2, 0) is 16.6 Å². The van der Waals surface area contributed by atoms with Gasteiger partial charge in [0.1, 0.15) is 0 Å². The predicted molar refractivity (Wildman–Crippen MR) is 101 cm³/mol. The van der Waals surface area contributed by atoms with Crippen LogP contribution in [0.3, 0.4) is 0 Å². The Kier molecular flexibility index (Phi) is 4.72. The van der Waals surface area contributed by atoms with Gasteiger partial charge in [0.2, 0.25) is 10.0 Å². The number of benzene rings is 1. The smallest absolute Gasteiger partial charge is 0.243 e. The number of anilines is 1. The molecule has 2 bridgehead atoms. The Bertz CT molecular complexity index is 840. The second-order valence-corrected chi connectivity index (χ2v) is 9.78. The van der Waals surface area contributed by atoms with E-state index in [0.717, 1.165) is 37.9 Å². The molecule has 4 rings (SSSR count). The molecule has 0 amide bonds. The lowest BCUT2D eigenvalue weighted by Crippen LogP contribution is -2.50. The van der Waals surface area contributed by atoms with E-state index in [0.29, 0.717) is 22.7 Å². The molecule has 0 spiro atoms. The van der Waals surface area contributed by atoms with Gasteiger partial charge in [0.05, 0.1) is 10.6 Å². The molecule has 2 fully saturated rings. The number of sulfonamides is 1. The van der Waals surface area contributed by atoms with Gasteiger partial charge in [-0.3, -0.25) is 4.90 Å². The van der Waals surface area contributed by atoms with Gasteiger partial charge in [0.25, 0.3) is 0 Å². The van der Waals surface area contributed by atoms with Gasteiger partial charge in [0, 0.05) is 42.8 Å². The maximum atomic E-state index is 13.0. The molecule has 1 aromatic heterocycles. The Morgan fingerprint density at radius 3 is 2.46 bits per heavy atom. The van der Waals surface area contributed by atoms with E-state index in [2.05, 4.69) is 14.5 Å². The van der Waals surface area contributed by atoms with Gasteiger partial charge in [-0.1, -0.05) is 4.49 Å². The standard InChI is InChI=1S/C17H23N5O2S2/c1-21(26(23,24)17-6-2-12(18)3-7-17)16-8-14-4-5-15(9-16)22(14)10-13-11-25-20-19-13/h2-3,6-7,11,14-16H,4-5,8-10,18H2,1H3. The molecule has 9 heteroatoms. The van der Waals surface area contributed by atoms with Gasteiger partial charge >= 0.3 is 0 Å². The minimum atomic E-state index is -3.50. The number of piperidine rings is 1. The first-order valence-corrected chi connectivity index (χ1v) is 11.1. The van der Waals surface area contributed by atoms with E-state index in [4.69, 9.17) is 5.73 Å². The number of hydrogen-bond donors (Lipinski definition) is 1. The van der Waals surface area contributed by atoms with Crippen molar-refractivity contribution in [2.24, 2.45) is 0 Å². The van der Waals surface area contributed by atoms with Crippen LogP contribution < -0.4 is 5.73 Å². The lowest BCUT2D eigenvalue weighted by molar-refractivity contribution is 0.0894. The van der Waals surface area contributed by atoms with Crippen molar-refractivity contribution in [2.45, 2.75) is 55.2 Å². The van der Waals surface area contributed by atoms with Crippen molar-refractivity contribution in [3.05, 3.63) is 35.3 Å². The Morgan fingerprint density at radius 2 is 1.88 bits per heavy atom. The molecular formula is C17H23N5O2S2. The summed E-state index contributed by atoms with van der Waals surface area (Å²) in [5, 5.41) is 6.15. The molecule has 0 saturated carbocycles. The molecule has 26 heavy (non-hydrogen) atoms. The van der Waals surface area contributed by atoms with Crippen LogP contribution in [0, 0.1) is 0 Å². The van der Waals surface area contributed by atoms with Crippen molar-refractivity contribution in [1.29, 1.82) is 0 Å². The number of aromatic nitrogens is 2. The average molecular weight is 394 g/mol. The Labute approximate surface area is 158 Å². The first kappa shape index (κ1) is 17.8. The second kappa shape index (κ2) is 6.88. The number of hydrogen-bond acceptors (Lipinski definition) is 7. The zero-order valence-electron chi connectivity index (χ0n) is 14.7. The van der Waals surface area contributed by atoms with E-state index in [1.165, 1.54) is 11.5 Å². The van der Waals surface area contributed by atoms with Crippen molar-refractivity contribution in [3.63, 3.8) is 0 Å². The van der Waals surface area contributed by atoms with E-state index in [1.807, 2.05) is 5.38 Å². The fraction of sp³-hybridized carbons (Fsp3) is 0.529. The van der Waals surface area contributed by atoms with Crippen molar-refractivity contribution >= 4 is 27.2 Å². The Balaban J connectivity index is 1.49. The lowest BCUT2D eigenvalue weighted by atomic mass is 9.97. The van der Waals surface area contributed by atoms with Crippen LogP contribution in [0.15, 0.2) is 34.5 Å². The van der Waals surface area contributed by atoms with E-state index in [9.17, 15) is 8.42 Å². The molecule has 3 heterocycles. The van der Waals surface area contributed by atoms with Crippen molar-refractivity contribution in [3.8, 4) is 0 Å². The molecule has 7 nitrogen and oxygen atoms in total. The molecule has 1 aromatic carbocycles. The quantitative estimate of drug-likeness (QED) is 0.781. The van der Waals surface area contributed by atoms with E-state index < -0.39 is 10.0 Å². The lowest BCUT2D eigenvalue weighted by Gasteiger charge is -2.41. The summed E-state index contributed by atoms with van der Waals surface area (Å²) < 4.78 is 31.4. The van der Waals surface area contributed by atoms with Crippen molar-refractivity contribution < 1.29 is 8.42 Å². The minimum absolute atomic E-state index is 0.0276. The summed E-state index contributed by atoms with van der Waals surface area (Å²) in [5.41, 5.74) is 7.25. The molecule has 2 aliphatic heterocycles. The van der Waals surface area contributed by atoms with E-state index >= 15 is 0 Å². The van der Waals surface area contributed by atoms with Crippen LogP contribution in [-0.4, -0.2) is 52.4 Å². The molecule has 2 aliphatic rings. The first-order valence-electron chi connectivity index (χ1n) is 8.80. The predicted octanol–water partition coefficient (Wildman–Crippen LogP) is 1.94. The summed E-state index contributed by atoms with van der Waals surface area (Å²) in [7, 11) is -1.80. The van der Waals surface area contributed by atoms with Crippen LogP contribution in [0.25, 0.3) is 0 Å². The zero-order valence-corrected chi connectivity index (χ0v) is 16.3. The summed E-state index contributed by atoms with van der Waals surface area (Å²) in [4.78, 5) is 2.79. The van der Waals surface area contributed by atoms with E-state index in [-0.39, 0.29) is 6.04 Å². The van der Waals surface area contributed by atoms with Crippen LogP contribution in [0.4, 0.5) is 5.69 Å². The minimum Gasteiger partial charge on any atom is -0.399 e. The van der Waals surface area contributed by atoms with Crippen molar-refractivity contribution in [1.82, 2.24) is 18.8 Å². The molecule has 2 unspecified atom stereocenters. The summed E-state index contributed by atoms with van der Waals surface area (Å²) in [6.07, 6.45) is 3.96. The van der Waals surface area contributed by atoms with Crippen LogP contribution >= 0.6 is 11.5 Å². The fourth-order valence-corrected chi connectivity index (χ4v) is 6.06. The summed E-state index contributed by atoms with van der Waals surface area (Å²) in [5.74, 6) is 0. The average Bonchev–Trinajstić information content (AvgIpc) is 3.20. The molecule has 0 radical (unpaired) electrons. The summed E-state index contributed by atoms with van der Waals surface area (Å²) >= 11 is 1.37. The molecule has 2 saturated heterocycles. The molecule has 140 valence electrons. The number of nitrogens with zero attached hydrogens (tertiary/aromatic N) is 4. The third-order valence-corrected chi connectivity index (χ3v) is 8.16. The van der Waals surface area contributed by atoms with Gasteiger partial charge in [0.15, 0.2) is 0 Å². The summed E-state index contributed by atoms with van der Waals surface area (Å²) in [6, 6.07) is 7.28. The number of fused-ring (bicyclic) bond motifs is 2. The molecular weight excluding hydrogens is 370 g/mol. The van der Waals surface area contributed by atoms with Crippen LogP contribution in [0.2, 0.25) is 0 Å². The van der Waals surface area contributed by atoms with Gasteiger partial charge in [-0.25, -0.2) is 8.42 Å². The second-order valence-electron chi connectivity index (χ2n) is 7.17. The monoisotopic (exact) mass is 393 g/mol. The third-order valence-electron chi connectivity index (χ3n) is 5.68. The first-order chi connectivity index (χ1) is 12.4. The highest BCUT2D eigenvalue weighted by Gasteiger charge is 2.44. The Hall–Kier alpha value is -1.55. The zero-order chi connectivity index (χ0) is 18.3. The third kappa shape index (κ3) is 3.24. The van der Waals surface area contributed by atoms with Gasteiger partial charge < -0.3 is 5.73 Å². The Morgan fingerprint density at radius 1 is 1.23 bits per heavy atom. The van der Waals surface area contributed by atoms with Crippen molar-refractivity contribution in [2.75, 3.05) is 12.8 Å². The number of rotatable bonds is 5. The highest BCUT2D eigenvalue weighted by molar-refractivity contribution is 7.89. The topological polar surface area (TPSA) is 92.4 Å². The molecule has 2 aromatic rings. The highest BCUT2D eigenvalue weighted by Crippen LogP contribution is 2.39. The van der Waals surface area contributed by atoms with Crippen LogP contribution in [0.5, 0.6) is 0 Å².